The Morgan fingerprint density at radius 3 is 2.41 bits per heavy atom. The third-order valence-corrected chi connectivity index (χ3v) is 7.73. The average Bonchev–Trinajstić information content (AvgIpc) is 3.33. The smallest absolute Gasteiger partial charge is 0.264 e. The predicted octanol–water partition coefficient (Wildman–Crippen LogP) is 3.92. The van der Waals surface area contributed by atoms with Gasteiger partial charge < -0.3 is 5.32 Å². The second-order valence-electron chi connectivity index (χ2n) is 8.23. The van der Waals surface area contributed by atoms with Gasteiger partial charge in [0.05, 0.1) is 10.6 Å². The molecule has 0 bridgehead atoms. The van der Waals surface area contributed by atoms with E-state index in [2.05, 4.69) is 5.32 Å². The number of amides is 1. The van der Waals surface area contributed by atoms with E-state index >= 15 is 0 Å². The second kappa shape index (κ2) is 11.2. The minimum absolute atomic E-state index is 0. The first kappa shape index (κ1) is 28.0. The van der Waals surface area contributed by atoms with Gasteiger partial charge in [0.1, 0.15) is 17.7 Å². The molecular formula is C24H24F5N3O4S. The molecule has 1 fully saturated rings. The zero-order chi connectivity index (χ0) is 26.0. The number of carbonyl (C=O) groups is 1. The Bertz CT molecular complexity index is 1450. The Labute approximate surface area is 210 Å². The highest BCUT2D eigenvalue weighted by Gasteiger charge is 2.39. The first-order valence-corrected chi connectivity index (χ1v) is 12.4. The monoisotopic (exact) mass is 545 g/mol. The van der Waals surface area contributed by atoms with Crippen molar-refractivity contribution in [1.29, 1.82) is 0 Å². The molecule has 0 saturated carbocycles. The molecule has 0 spiro atoms. The van der Waals surface area contributed by atoms with E-state index in [1.165, 1.54) is 6.07 Å². The highest BCUT2D eigenvalue weighted by molar-refractivity contribution is 7.89. The lowest BCUT2D eigenvalue weighted by molar-refractivity contribution is -0.124. The van der Waals surface area contributed by atoms with Gasteiger partial charge in [0, 0.05) is 32.3 Å². The van der Waals surface area contributed by atoms with Crippen LogP contribution in [-0.2, 0) is 21.4 Å². The SMILES string of the molecule is F.O=C(NCc1cc(F)cc(-n2ccc(C(F)F)cc2=O)c1)[C@@H]1CCCN1S(=O)(=O)c1ccc(F)cc1.[HH]. The number of nitrogens with one attached hydrogen (secondary N) is 1. The van der Waals surface area contributed by atoms with Gasteiger partial charge in [0.15, 0.2) is 0 Å². The summed E-state index contributed by atoms with van der Waals surface area (Å²) in [5.41, 5.74) is -0.890. The Balaban J connectivity index is 0.00000253. The zero-order valence-corrected chi connectivity index (χ0v) is 19.9. The highest BCUT2D eigenvalue weighted by atomic mass is 32.2. The largest absolute Gasteiger partial charge is 0.351 e. The summed E-state index contributed by atoms with van der Waals surface area (Å²) in [5.74, 6) is -1.91. The summed E-state index contributed by atoms with van der Waals surface area (Å²) in [6, 6.07) is 8.68. The Morgan fingerprint density at radius 2 is 1.76 bits per heavy atom. The van der Waals surface area contributed by atoms with Gasteiger partial charge in [-0.15, -0.1) is 0 Å². The molecule has 1 atom stereocenters. The third kappa shape index (κ3) is 6.05. The summed E-state index contributed by atoms with van der Waals surface area (Å²) >= 11 is 0. The molecule has 1 aliphatic rings. The van der Waals surface area contributed by atoms with Crippen LogP contribution in [0.1, 0.15) is 31.8 Å². The third-order valence-electron chi connectivity index (χ3n) is 5.81. The molecule has 1 amide bonds. The van der Waals surface area contributed by atoms with Crippen molar-refractivity contribution in [3.63, 3.8) is 0 Å². The Hall–Kier alpha value is -3.58. The zero-order valence-electron chi connectivity index (χ0n) is 19.1. The topological polar surface area (TPSA) is 88.5 Å². The van der Waals surface area contributed by atoms with E-state index in [-0.39, 0.29) is 41.8 Å². The molecule has 0 unspecified atom stereocenters. The first-order chi connectivity index (χ1) is 17.1. The fourth-order valence-corrected chi connectivity index (χ4v) is 5.71. The van der Waals surface area contributed by atoms with Crippen LogP contribution in [0.5, 0.6) is 0 Å². The molecule has 7 nitrogen and oxygen atoms in total. The van der Waals surface area contributed by atoms with E-state index in [4.69, 9.17) is 0 Å². The van der Waals surface area contributed by atoms with Crippen molar-refractivity contribution >= 4 is 15.9 Å². The Morgan fingerprint density at radius 1 is 1.05 bits per heavy atom. The van der Waals surface area contributed by atoms with Crippen molar-refractivity contribution in [2.45, 2.75) is 36.7 Å². The molecule has 37 heavy (non-hydrogen) atoms. The van der Waals surface area contributed by atoms with Gasteiger partial charge in [-0.25, -0.2) is 26.0 Å². The number of nitrogens with zero attached hydrogens (tertiary/aromatic N) is 2. The van der Waals surface area contributed by atoms with E-state index in [1.54, 1.807) is 0 Å². The van der Waals surface area contributed by atoms with Gasteiger partial charge in [0.25, 0.3) is 12.0 Å². The number of aromatic nitrogens is 1. The lowest BCUT2D eigenvalue weighted by Crippen LogP contribution is -2.45. The fraction of sp³-hybridized carbons (Fsp3) is 0.250. The molecule has 3 aromatic rings. The number of alkyl halides is 2. The van der Waals surface area contributed by atoms with Crippen LogP contribution >= 0.6 is 0 Å². The van der Waals surface area contributed by atoms with Gasteiger partial charge in [-0.3, -0.25) is 18.9 Å². The summed E-state index contributed by atoms with van der Waals surface area (Å²) in [4.78, 5) is 24.9. The maximum absolute atomic E-state index is 14.2. The van der Waals surface area contributed by atoms with E-state index in [0.717, 1.165) is 63.6 Å². The molecular weight excluding hydrogens is 521 g/mol. The molecule has 1 saturated heterocycles. The maximum atomic E-state index is 14.2. The number of sulfonamides is 1. The fourth-order valence-electron chi connectivity index (χ4n) is 4.06. The molecule has 2 aromatic carbocycles. The van der Waals surface area contributed by atoms with E-state index in [9.17, 15) is 35.6 Å². The van der Waals surface area contributed by atoms with Crippen molar-refractivity contribution in [1.82, 2.24) is 14.2 Å². The van der Waals surface area contributed by atoms with Crippen LogP contribution in [0.2, 0.25) is 0 Å². The molecule has 200 valence electrons. The van der Waals surface area contributed by atoms with Crippen LogP contribution in [-0.4, -0.2) is 35.8 Å². The molecule has 1 aliphatic heterocycles. The van der Waals surface area contributed by atoms with Crippen molar-refractivity contribution < 1.29 is 36.9 Å². The van der Waals surface area contributed by atoms with Crippen LogP contribution < -0.4 is 10.9 Å². The number of hydrogen-bond donors (Lipinski definition) is 1. The van der Waals surface area contributed by atoms with Gasteiger partial charge in [0.2, 0.25) is 15.9 Å². The Kier molecular flexibility index (Phi) is 8.49. The summed E-state index contributed by atoms with van der Waals surface area (Å²) in [6.07, 6.45) is -1.00. The van der Waals surface area contributed by atoms with Crippen LogP contribution in [0.15, 0.2) is 70.5 Å². The van der Waals surface area contributed by atoms with Crippen molar-refractivity contribution in [3.8, 4) is 5.69 Å². The number of benzene rings is 2. The number of hydrogen-bond acceptors (Lipinski definition) is 4. The van der Waals surface area contributed by atoms with Crippen LogP contribution in [0, 0.1) is 11.6 Å². The lowest BCUT2D eigenvalue weighted by Gasteiger charge is -2.23. The van der Waals surface area contributed by atoms with Crippen molar-refractivity contribution in [2.24, 2.45) is 0 Å². The molecule has 13 heteroatoms. The van der Waals surface area contributed by atoms with Gasteiger partial charge in [-0.2, -0.15) is 4.31 Å². The average molecular weight is 546 g/mol. The summed E-state index contributed by atoms with van der Waals surface area (Å²) in [5, 5.41) is 2.59. The van der Waals surface area contributed by atoms with E-state index in [0.29, 0.717) is 6.42 Å². The quantitative estimate of drug-likeness (QED) is 0.456. The standard InChI is InChI=1S/C24H21F4N3O4S.FH.H2/c25-17-3-5-20(6-4-17)36(34,35)31-8-1-2-21(31)24(33)29-14-15-10-18(26)13-19(11-15)30-9-7-16(23(27)28)12-22(30)32;;/h3-7,9-13,21,23H,1-2,8,14H2,(H,29,33);2*1H/t21-;;/m0../s1. The van der Waals surface area contributed by atoms with Gasteiger partial charge >= 0.3 is 0 Å². The number of carbonyl (C=O) groups excluding carboxylic acids is 1. The molecule has 2 heterocycles. The molecule has 1 N–H and O–H groups in total. The number of rotatable bonds is 7. The van der Waals surface area contributed by atoms with Crippen LogP contribution in [0.25, 0.3) is 5.69 Å². The van der Waals surface area contributed by atoms with Crippen molar-refractivity contribution in [2.75, 3.05) is 6.54 Å². The first-order valence-electron chi connectivity index (χ1n) is 10.9. The summed E-state index contributed by atoms with van der Waals surface area (Å²) < 4.78 is 81.1. The predicted molar refractivity (Wildman–Crippen MR) is 127 cm³/mol. The number of halogens is 5. The molecule has 1 aromatic heterocycles. The normalized spacial score (nSPS) is 16.0. The second-order valence-corrected chi connectivity index (χ2v) is 10.1. The minimum atomic E-state index is -4.04. The molecule has 4 rings (SSSR count). The van der Waals surface area contributed by atoms with Gasteiger partial charge in [-0.05, 0) is 66.9 Å². The summed E-state index contributed by atoms with van der Waals surface area (Å²) in [6.45, 7) is -0.0617. The van der Waals surface area contributed by atoms with Crippen molar-refractivity contribution in [3.05, 3.63) is 93.9 Å². The maximum Gasteiger partial charge on any atom is 0.264 e. The van der Waals surface area contributed by atoms with E-state index < -0.39 is 51.2 Å². The van der Waals surface area contributed by atoms with Gasteiger partial charge in [-0.1, -0.05) is 0 Å². The lowest BCUT2D eigenvalue weighted by atomic mass is 10.1. The minimum Gasteiger partial charge on any atom is -0.351 e. The van der Waals surface area contributed by atoms with Crippen LogP contribution in [0.3, 0.4) is 0 Å². The molecule has 0 radical (unpaired) electrons. The number of pyridine rings is 1. The van der Waals surface area contributed by atoms with E-state index in [1.807, 2.05) is 0 Å². The highest BCUT2D eigenvalue weighted by Crippen LogP contribution is 2.26. The summed E-state index contributed by atoms with van der Waals surface area (Å²) in [7, 11) is -4.04. The molecule has 0 aliphatic carbocycles. The van der Waals surface area contributed by atoms with Crippen LogP contribution in [0.4, 0.5) is 22.3 Å².